The van der Waals surface area contributed by atoms with Crippen LogP contribution in [0.25, 0.3) is 0 Å². The standard InChI is InChI=1S/C18H22N2O4S2/c1-13(12-24-2)19-18(21)14-4-3-5-16(10-14)26(22,23)20-8-6-17-15(11-20)7-9-25-17/h3-5,7,9-10,13H,6,8,11-12H2,1-2H3,(H,19,21). The number of nitrogens with one attached hydrogen (secondary N) is 1. The molecule has 0 saturated heterocycles. The van der Waals surface area contributed by atoms with Crippen LogP contribution in [0.5, 0.6) is 0 Å². The van der Waals surface area contributed by atoms with Crippen molar-refractivity contribution in [2.45, 2.75) is 30.8 Å². The van der Waals surface area contributed by atoms with Gasteiger partial charge in [-0.25, -0.2) is 8.42 Å². The van der Waals surface area contributed by atoms with Crippen molar-refractivity contribution in [2.24, 2.45) is 0 Å². The van der Waals surface area contributed by atoms with Crippen LogP contribution in [0.4, 0.5) is 0 Å². The van der Waals surface area contributed by atoms with Gasteiger partial charge in [0, 0.05) is 36.7 Å². The molecule has 1 aromatic heterocycles. The summed E-state index contributed by atoms with van der Waals surface area (Å²) < 4.78 is 32.5. The van der Waals surface area contributed by atoms with Crippen molar-refractivity contribution in [2.75, 3.05) is 20.3 Å². The molecule has 0 bridgehead atoms. The van der Waals surface area contributed by atoms with Gasteiger partial charge < -0.3 is 10.1 Å². The van der Waals surface area contributed by atoms with Crippen LogP contribution in [0.3, 0.4) is 0 Å². The molecule has 6 nitrogen and oxygen atoms in total. The second kappa shape index (κ2) is 7.87. The van der Waals surface area contributed by atoms with Gasteiger partial charge in [0.15, 0.2) is 0 Å². The molecule has 0 fully saturated rings. The molecule has 0 radical (unpaired) electrons. The lowest BCUT2D eigenvalue weighted by Crippen LogP contribution is -2.36. The summed E-state index contributed by atoms with van der Waals surface area (Å²) in [4.78, 5) is 13.7. The molecule has 0 aliphatic carbocycles. The van der Waals surface area contributed by atoms with E-state index >= 15 is 0 Å². The predicted octanol–water partition coefficient (Wildman–Crippen LogP) is 2.26. The molecule has 0 spiro atoms. The molecule has 0 saturated carbocycles. The summed E-state index contributed by atoms with van der Waals surface area (Å²) in [6, 6.07) is 8.00. The van der Waals surface area contributed by atoms with E-state index in [9.17, 15) is 13.2 Å². The van der Waals surface area contributed by atoms with Crippen LogP contribution < -0.4 is 5.32 Å². The highest BCUT2D eigenvalue weighted by atomic mass is 32.2. The number of fused-ring (bicyclic) bond motifs is 1. The number of sulfonamides is 1. The van der Waals surface area contributed by atoms with Crippen molar-refractivity contribution < 1.29 is 17.9 Å². The molecule has 1 aromatic carbocycles. The lowest BCUT2D eigenvalue weighted by Gasteiger charge is -2.26. The van der Waals surface area contributed by atoms with Crippen LogP contribution >= 0.6 is 11.3 Å². The molecule has 3 rings (SSSR count). The Morgan fingerprint density at radius 3 is 2.96 bits per heavy atom. The number of rotatable bonds is 6. The molecule has 1 atom stereocenters. The van der Waals surface area contributed by atoms with Crippen molar-refractivity contribution in [1.29, 1.82) is 0 Å². The molecule has 1 aliphatic heterocycles. The maximum Gasteiger partial charge on any atom is 0.251 e. The number of thiophene rings is 1. The average molecular weight is 395 g/mol. The van der Waals surface area contributed by atoms with Gasteiger partial charge in [-0.1, -0.05) is 6.07 Å². The third kappa shape index (κ3) is 3.98. The third-order valence-electron chi connectivity index (χ3n) is 4.30. The molecule has 2 heterocycles. The number of ether oxygens (including phenoxy) is 1. The van der Waals surface area contributed by atoms with Crippen LogP contribution in [0.2, 0.25) is 0 Å². The summed E-state index contributed by atoms with van der Waals surface area (Å²) in [6.45, 7) is 3.05. The minimum Gasteiger partial charge on any atom is -0.383 e. The van der Waals surface area contributed by atoms with Gasteiger partial charge in [-0.2, -0.15) is 4.31 Å². The molecule has 1 unspecified atom stereocenters. The second-order valence-corrected chi connectivity index (χ2v) is 9.25. The van der Waals surface area contributed by atoms with Crippen LogP contribution in [0, 0.1) is 0 Å². The third-order valence-corrected chi connectivity index (χ3v) is 7.16. The minimum absolute atomic E-state index is 0.142. The fraction of sp³-hybridized carbons (Fsp3) is 0.389. The Bertz CT molecular complexity index is 892. The molecule has 1 N–H and O–H groups in total. The fourth-order valence-corrected chi connectivity index (χ4v) is 5.33. The highest BCUT2D eigenvalue weighted by Gasteiger charge is 2.29. The van der Waals surface area contributed by atoms with E-state index in [0.717, 1.165) is 12.0 Å². The van der Waals surface area contributed by atoms with Gasteiger partial charge in [0.1, 0.15) is 0 Å². The number of amides is 1. The Morgan fingerprint density at radius 1 is 1.38 bits per heavy atom. The molecule has 140 valence electrons. The van der Waals surface area contributed by atoms with E-state index in [2.05, 4.69) is 5.32 Å². The normalized spacial score (nSPS) is 16.1. The van der Waals surface area contributed by atoms with Crippen LogP contribution in [0.1, 0.15) is 27.7 Å². The molecule has 8 heteroatoms. The quantitative estimate of drug-likeness (QED) is 0.815. The summed E-state index contributed by atoms with van der Waals surface area (Å²) in [5, 5.41) is 4.79. The maximum atomic E-state index is 13.0. The lowest BCUT2D eigenvalue weighted by atomic mass is 10.1. The number of benzene rings is 1. The highest BCUT2D eigenvalue weighted by Crippen LogP contribution is 2.28. The van der Waals surface area contributed by atoms with E-state index in [1.165, 1.54) is 21.3 Å². The van der Waals surface area contributed by atoms with Crippen LogP contribution in [-0.2, 0) is 27.7 Å². The van der Waals surface area contributed by atoms with E-state index < -0.39 is 10.0 Å². The molecular formula is C18H22N2O4S2. The van der Waals surface area contributed by atoms with Gasteiger partial charge in [0.25, 0.3) is 5.91 Å². The van der Waals surface area contributed by atoms with Gasteiger partial charge in [0.05, 0.1) is 11.5 Å². The number of nitrogens with zero attached hydrogens (tertiary/aromatic N) is 1. The van der Waals surface area contributed by atoms with Crippen LogP contribution in [0.15, 0.2) is 40.6 Å². The maximum absolute atomic E-state index is 13.0. The molecule has 26 heavy (non-hydrogen) atoms. The van der Waals surface area contributed by atoms with Crippen molar-refractivity contribution in [3.05, 3.63) is 51.7 Å². The Kier molecular flexibility index (Phi) is 5.76. The van der Waals surface area contributed by atoms with Crippen molar-refractivity contribution in [1.82, 2.24) is 9.62 Å². The summed E-state index contributed by atoms with van der Waals surface area (Å²) in [6.07, 6.45) is 0.723. The SMILES string of the molecule is COCC(C)NC(=O)c1cccc(S(=O)(=O)N2CCc3sccc3C2)c1. The first-order valence-electron chi connectivity index (χ1n) is 8.37. The zero-order chi connectivity index (χ0) is 18.7. The zero-order valence-electron chi connectivity index (χ0n) is 14.8. The molecule has 2 aromatic rings. The predicted molar refractivity (Wildman–Crippen MR) is 101 cm³/mol. The van der Waals surface area contributed by atoms with Crippen LogP contribution in [-0.4, -0.2) is 44.9 Å². The number of carbonyl (C=O) groups is 1. The number of carbonyl (C=O) groups excluding carboxylic acids is 1. The number of hydrogen-bond acceptors (Lipinski definition) is 5. The van der Waals surface area contributed by atoms with Gasteiger partial charge in [-0.15, -0.1) is 11.3 Å². The fourth-order valence-electron chi connectivity index (χ4n) is 2.97. The molecular weight excluding hydrogens is 372 g/mol. The molecule has 1 aliphatic rings. The topological polar surface area (TPSA) is 75.7 Å². The summed E-state index contributed by atoms with van der Waals surface area (Å²) in [5.74, 6) is -0.314. The molecule has 1 amide bonds. The van der Waals surface area contributed by atoms with Gasteiger partial charge in [-0.3, -0.25) is 4.79 Å². The summed E-state index contributed by atoms with van der Waals surface area (Å²) >= 11 is 1.67. The Morgan fingerprint density at radius 2 is 2.19 bits per heavy atom. The zero-order valence-corrected chi connectivity index (χ0v) is 16.4. The van der Waals surface area contributed by atoms with E-state index in [-0.39, 0.29) is 16.8 Å². The first-order chi connectivity index (χ1) is 12.4. The minimum atomic E-state index is -3.64. The van der Waals surface area contributed by atoms with Gasteiger partial charge >= 0.3 is 0 Å². The van der Waals surface area contributed by atoms with E-state index in [4.69, 9.17) is 4.74 Å². The van der Waals surface area contributed by atoms with E-state index in [0.29, 0.717) is 25.3 Å². The van der Waals surface area contributed by atoms with Gasteiger partial charge in [0.2, 0.25) is 10.0 Å². The largest absolute Gasteiger partial charge is 0.383 e. The van der Waals surface area contributed by atoms with Crippen molar-refractivity contribution in [3.8, 4) is 0 Å². The smallest absolute Gasteiger partial charge is 0.251 e. The number of methoxy groups -OCH3 is 1. The first kappa shape index (κ1) is 19.0. The first-order valence-corrected chi connectivity index (χ1v) is 10.7. The van der Waals surface area contributed by atoms with Gasteiger partial charge in [-0.05, 0) is 48.6 Å². The lowest BCUT2D eigenvalue weighted by molar-refractivity contribution is 0.0905. The Balaban J connectivity index is 1.80. The van der Waals surface area contributed by atoms with E-state index in [1.54, 1.807) is 30.6 Å². The number of hydrogen-bond donors (Lipinski definition) is 1. The summed E-state index contributed by atoms with van der Waals surface area (Å²) in [5.41, 5.74) is 1.38. The second-order valence-electron chi connectivity index (χ2n) is 6.32. The Hall–Kier alpha value is -1.74. The Labute approximate surface area is 157 Å². The summed E-state index contributed by atoms with van der Waals surface area (Å²) in [7, 11) is -2.08. The van der Waals surface area contributed by atoms with E-state index in [1.807, 2.05) is 18.4 Å². The van der Waals surface area contributed by atoms with Crippen molar-refractivity contribution in [3.63, 3.8) is 0 Å². The van der Waals surface area contributed by atoms with Crippen molar-refractivity contribution >= 4 is 27.3 Å². The monoisotopic (exact) mass is 394 g/mol. The highest BCUT2D eigenvalue weighted by molar-refractivity contribution is 7.89. The average Bonchev–Trinajstić information content (AvgIpc) is 3.09.